The highest BCUT2D eigenvalue weighted by atomic mass is 16.4. The van der Waals surface area contributed by atoms with Gasteiger partial charge in [-0.05, 0) is 24.1 Å². The van der Waals surface area contributed by atoms with Crippen LogP contribution < -0.4 is 16.0 Å². The van der Waals surface area contributed by atoms with E-state index in [4.69, 9.17) is 0 Å². The summed E-state index contributed by atoms with van der Waals surface area (Å²) in [6.07, 6.45) is 7.01. The fraction of sp³-hybridized carbons (Fsp3) is 0.148. The molecule has 2 aromatic heterocycles. The van der Waals surface area contributed by atoms with Gasteiger partial charge in [0, 0.05) is 33.5 Å². The van der Waals surface area contributed by atoms with E-state index >= 15 is 0 Å². The van der Waals surface area contributed by atoms with Gasteiger partial charge in [-0.1, -0.05) is 80.3 Å². The highest BCUT2D eigenvalue weighted by molar-refractivity contribution is 5.84. The third kappa shape index (κ3) is 3.91. The molecule has 0 aliphatic rings. The summed E-state index contributed by atoms with van der Waals surface area (Å²) in [6.45, 7) is 7.57. The van der Waals surface area contributed by atoms with E-state index in [1.807, 2.05) is 37.4 Å². The van der Waals surface area contributed by atoms with E-state index in [0.29, 0.717) is 21.7 Å². The monoisotopic (exact) mass is 439 g/mol. The summed E-state index contributed by atoms with van der Waals surface area (Å²) < 4.78 is 1.09. The quantitative estimate of drug-likeness (QED) is 0.483. The Labute approximate surface area is 190 Å². The summed E-state index contributed by atoms with van der Waals surface area (Å²) in [6, 6.07) is 15.4. The van der Waals surface area contributed by atoms with Crippen LogP contribution >= 0.6 is 0 Å². The van der Waals surface area contributed by atoms with E-state index in [1.54, 1.807) is 55.5 Å². The van der Waals surface area contributed by atoms with Crippen molar-refractivity contribution in [2.45, 2.75) is 25.8 Å². The van der Waals surface area contributed by atoms with Crippen molar-refractivity contribution in [3.63, 3.8) is 0 Å². The average Bonchev–Trinajstić information content (AvgIpc) is 3.25. The Morgan fingerprint density at radius 3 is 2.48 bits per heavy atom. The van der Waals surface area contributed by atoms with Crippen molar-refractivity contribution in [3.05, 3.63) is 111 Å². The fourth-order valence-corrected chi connectivity index (χ4v) is 4.28. The van der Waals surface area contributed by atoms with Gasteiger partial charge in [-0.3, -0.25) is 4.79 Å². The second kappa shape index (κ2) is 9.12. The Kier molecular flexibility index (Phi) is 6.09. The van der Waals surface area contributed by atoms with Crippen molar-refractivity contribution < 1.29 is 9.90 Å². The molecule has 2 unspecified atom stereocenters. The van der Waals surface area contributed by atoms with E-state index in [-0.39, 0.29) is 5.92 Å². The Hall–Kier alpha value is -4.19. The average molecular weight is 440 g/mol. The van der Waals surface area contributed by atoms with Crippen LogP contribution in [-0.4, -0.2) is 25.8 Å². The molecule has 0 amide bonds. The van der Waals surface area contributed by atoms with Gasteiger partial charge in [-0.15, -0.1) is 0 Å². The topological polar surface area (TPSA) is 88.0 Å². The molecule has 0 saturated carbocycles. The number of fused-ring (bicyclic) bond motifs is 1. The first-order valence-electron chi connectivity index (χ1n) is 10.7. The van der Waals surface area contributed by atoms with Crippen LogP contribution in [0.2, 0.25) is 0 Å². The van der Waals surface area contributed by atoms with Gasteiger partial charge in [0.25, 0.3) is 5.56 Å². The maximum atomic E-state index is 13.4. The molecule has 6 nitrogen and oxygen atoms in total. The number of nitrogens with zero attached hydrogens (tertiary/aromatic N) is 2. The molecule has 33 heavy (non-hydrogen) atoms. The highest BCUT2D eigenvalue weighted by Gasteiger charge is 2.27. The molecule has 0 radical (unpaired) electrons. The first-order valence-corrected chi connectivity index (χ1v) is 10.7. The van der Waals surface area contributed by atoms with Crippen LogP contribution in [0.15, 0.2) is 78.2 Å². The van der Waals surface area contributed by atoms with Crippen molar-refractivity contribution >= 4 is 29.0 Å². The molecule has 2 aromatic carbocycles. The summed E-state index contributed by atoms with van der Waals surface area (Å²) in [5.41, 5.74) is 2.63. The number of aliphatic carboxylic acids is 1. The van der Waals surface area contributed by atoms with Gasteiger partial charge < -0.3 is 10.1 Å². The van der Waals surface area contributed by atoms with Gasteiger partial charge in [-0.25, -0.2) is 9.48 Å². The number of aromatic amines is 1. The lowest BCUT2D eigenvalue weighted by molar-refractivity contribution is -0.140. The normalized spacial score (nSPS) is 14.4. The molecule has 4 aromatic rings. The minimum absolute atomic E-state index is 0.219. The molecule has 0 saturated heterocycles. The third-order valence-electron chi connectivity index (χ3n) is 5.88. The van der Waals surface area contributed by atoms with Crippen molar-refractivity contribution in [2.24, 2.45) is 0 Å². The Balaban J connectivity index is 2.05. The molecule has 2 atom stereocenters. The minimum Gasteiger partial charge on any atom is -0.479 e. The lowest BCUT2D eigenvalue weighted by atomic mass is 9.95. The Bertz CT molecular complexity index is 1510. The SMILES string of the molecule is C=CC=c1c(C(C)c2c[nH]c3ccccc23)nn(C(C(=O)O)c2ccccc2)c(=O)c1=CC. The third-order valence-corrected chi connectivity index (χ3v) is 5.88. The molecule has 2 heterocycles. The zero-order chi connectivity index (χ0) is 23.5. The van der Waals surface area contributed by atoms with E-state index in [1.165, 1.54) is 0 Å². The molecule has 0 fully saturated rings. The molecule has 4 rings (SSSR count). The zero-order valence-electron chi connectivity index (χ0n) is 18.5. The molecule has 0 bridgehead atoms. The molecular formula is C27H25N3O3. The number of allylic oxidation sites excluding steroid dienone is 1. The molecule has 0 aliphatic heterocycles. The second-order valence-electron chi connectivity index (χ2n) is 7.82. The lowest BCUT2D eigenvalue weighted by Crippen LogP contribution is -2.51. The minimum atomic E-state index is -1.25. The number of aromatic nitrogens is 3. The molecule has 166 valence electrons. The van der Waals surface area contributed by atoms with E-state index < -0.39 is 17.6 Å². The van der Waals surface area contributed by atoms with E-state index in [9.17, 15) is 14.7 Å². The fourth-order valence-electron chi connectivity index (χ4n) is 4.28. The number of hydrogen-bond acceptors (Lipinski definition) is 3. The number of nitrogens with one attached hydrogen (secondary N) is 1. The summed E-state index contributed by atoms with van der Waals surface area (Å²) >= 11 is 0. The highest BCUT2D eigenvalue weighted by Crippen LogP contribution is 2.28. The van der Waals surface area contributed by atoms with Gasteiger partial charge in [0.1, 0.15) is 0 Å². The first kappa shape index (κ1) is 22.0. The molecule has 2 N–H and O–H groups in total. The number of rotatable bonds is 6. The molecule has 0 spiro atoms. The van der Waals surface area contributed by atoms with E-state index in [2.05, 4.69) is 16.7 Å². The van der Waals surface area contributed by atoms with Gasteiger partial charge >= 0.3 is 5.97 Å². The Morgan fingerprint density at radius 2 is 1.82 bits per heavy atom. The van der Waals surface area contributed by atoms with Crippen molar-refractivity contribution in [2.75, 3.05) is 0 Å². The lowest BCUT2D eigenvalue weighted by Gasteiger charge is -2.19. The van der Waals surface area contributed by atoms with Crippen LogP contribution in [-0.2, 0) is 4.79 Å². The van der Waals surface area contributed by atoms with Gasteiger partial charge in [0.05, 0.1) is 5.69 Å². The maximum Gasteiger partial charge on any atom is 0.333 e. The predicted molar refractivity (Wildman–Crippen MR) is 131 cm³/mol. The van der Waals surface area contributed by atoms with Gasteiger partial charge in [-0.2, -0.15) is 5.10 Å². The number of para-hydroxylation sites is 1. The smallest absolute Gasteiger partial charge is 0.333 e. The maximum absolute atomic E-state index is 13.4. The number of H-pyrrole nitrogens is 1. The van der Waals surface area contributed by atoms with E-state index in [0.717, 1.165) is 21.1 Å². The van der Waals surface area contributed by atoms with Crippen LogP contribution in [0.1, 0.15) is 42.6 Å². The standard InChI is InChI=1S/C27H25N3O3/c1-4-11-21-19(5-2)26(31)30(25(27(32)33)18-12-7-6-8-13-18)29-24(21)17(3)22-16-28-23-15-10-9-14-20(22)23/h4-17,25,28H,1H2,2-3H3,(H,32,33). The second-order valence-corrected chi connectivity index (χ2v) is 7.82. The number of carboxylic acids is 1. The van der Waals surface area contributed by atoms with Crippen molar-refractivity contribution in [1.29, 1.82) is 0 Å². The summed E-state index contributed by atoms with van der Waals surface area (Å²) in [5, 5.41) is 16.8. The van der Waals surface area contributed by atoms with Crippen LogP contribution in [0.3, 0.4) is 0 Å². The number of carboxylic acid groups (broad SMARTS) is 1. The number of hydrogen-bond donors (Lipinski definition) is 2. The van der Waals surface area contributed by atoms with Crippen LogP contribution in [0.5, 0.6) is 0 Å². The Morgan fingerprint density at radius 1 is 1.12 bits per heavy atom. The molecule has 0 aliphatic carbocycles. The van der Waals surface area contributed by atoms with Crippen LogP contribution in [0, 0.1) is 0 Å². The van der Waals surface area contributed by atoms with Gasteiger partial charge in [0.2, 0.25) is 0 Å². The molecule has 6 heteroatoms. The number of carbonyl (C=O) groups is 1. The van der Waals surface area contributed by atoms with Crippen LogP contribution in [0.25, 0.3) is 23.1 Å². The summed E-state index contributed by atoms with van der Waals surface area (Å²) in [7, 11) is 0. The van der Waals surface area contributed by atoms with Crippen molar-refractivity contribution in [1.82, 2.24) is 14.8 Å². The summed E-state index contributed by atoms with van der Waals surface area (Å²) in [4.78, 5) is 29.0. The van der Waals surface area contributed by atoms with Crippen LogP contribution in [0.4, 0.5) is 0 Å². The predicted octanol–water partition coefficient (Wildman–Crippen LogP) is 3.32. The van der Waals surface area contributed by atoms with Gasteiger partial charge in [0.15, 0.2) is 6.04 Å². The zero-order valence-corrected chi connectivity index (χ0v) is 18.5. The molecular weight excluding hydrogens is 414 g/mol. The number of benzene rings is 2. The summed E-state index contributed by atoms with van der Waals surface area (Å²) in [5.74, 6) is -1.37. The van der Waals surface area contributed by atoms with Crippen molar-refractivity contribution in [3.8, 4) is 0 Å². The first-order chi connectivity index (χ1) is 16.0. The largest absolute Gasteiger partial charge is 0.479 e.